The Bertz CT molecular complexity index is 339. The highest BCUT2D eigenvalue weighted by molar-refractivity contribution is 5.06. The molecule has 0 spiro atoms. The molecule has 1 aliphatic rings. The van der Waals surface area contributed by atoms with Crippen molar-refractivity contribution in [3.63, 3.8) is 0 Å². The zero-order chi connectivity index (χ0) is 8.55. The first-order valence-corrected chi connectivity index (χ1v) is 4.33. The van der Waals surface area contributed by atoms with Crippen molar-refractivity contribution in [3.05, 3.63) is 27.9 Å². The maximum absolute atomic E-state index is 11.1. The standard InChI is InChI=1S/C9H12N2O/c1-6-5-8(12)11-9(10-6)7-3-2-4-7/h5,7H,2-4H2,1H3,(H,10,11,12). The van der Waals surface area contributed by atoms with Gasteiger partial charge in [0, 0.05) is 17.7 Å². The molecule has 1 N–H and O–H groups in total. The number of aromatic amines is 1. The number of nitrogens with one attached hydrogen (secondary N) is 1. The molecule has 0 amide bonds. The van der Waals surface area contributed by atoms with Gasteiger partial charge in [-0.15, -0.1) is 0 Å². The van der Waals surface area contributed by atoms with Gasteiger partial charge in [-0.05, 0) is 19.8 Å². The second kappa shape index (κ2) is 2.73. The molecule has 1 saturated carbocycles. The fourth-order valence-corrected chi connectivity index (χ4v) is 1.48. The fourth-order valence-electron chi connectivity index (χ4n) is 1.48. The van der Waals surface area contributed by atoms with Gasteiger partial charge in [0.2, 0.25) is 0 Å². The molecule has 1 aliphatic carbocycles. The van der Waals surface area contributed by atoms with E-state index in [0.29, 0.717) is 5.92 Å². The summed E-state index contributed by atoms with van der Waals surface area (Å²) in [4.78, 5) is 18.1. The lowest BCUT2D eigenvalue weighted by Gasteiger charge is -2.23. The van der Waals surface area contributed by atoms with Crippen LogP contribution < -0.4 is 5.56 Å². The number of nitrogens with zero attached hydrogens (tertiary/aromatic N) is 1. The predicted molar refractivity (Wildman–Crippen MR) is 46.2 cm³/mol. The third-order valence-electron chi connectivity index (χ3n) is 2.38. The Balaban J connectivity index is 2.36. The molecule has 0 bridgehead atoms. The second-order valence-corrected chi connectivity index (χ2v) is 3.40. The van der Waals surface area contributed by atoms with E-state index >= 15 is 0 Å². The largest absolute Gasteiger partial charge is 0.310 e. The molecule has 0 atom stereocenters. The van der Waals surface area contributed by atoms with Crippen LogP contribution in [0.1, 0.15) is 36.7 Å². The van der Waals surface area contributed by atoms with E-state index in [1.807, 2.05) is 6.92 Å². The van der Waals surface area contributed by atoms with Crippen molar-refractivity contribution in [1.82, 2.24) is 9.97 Å². The predicted octanol–water partition coefficient (Wildman–Crippen LogP) is 1.35. The first-order chi connectivity index (χ1) is 5.75. The minimum absolute atomic E-state index is 0.0237. The highest BCUT2D eigenvalue weighted by Gasteiger charge is 2.21. The Morgan fingerprint density at radius 2 is 2.33 bits per heavy atom. The van der Waals surface area contributed by atoms with E-state index in [4.69, 9.17) is 0 Å². The van der Waals surface area contributed by atoms with E-state index in [9.17, 15) is 4.79 Å². The van der Waals surface area contributed by atoms with Crippen molar-refractivity contribution in [2.75, 3.05) is 0 Å². The summed E-state index contributed by atoms with van der Waals surface area (Å²) < 4.78 is 0. The van der Waals surface area contributed by atoms with Gasteiger partial charge in [-0.3, -0.25) is 4.79 Å². The third kappa shape index (κ3) is 1.26. The molecule has 0 unspecified atom stereocenters. The number of rotatable bonds is 1. The van der Waals surface area contributed by atoms with Crippen LogP contribution in [0.4, 0.5) is 0 Å². The average molecular weight is 164 g/mol. The van der Waals surface area contributed by atoms with E-state index in [-0.39, 0.29) is 5.56 Å². The fraction of sp³-hybridized carbons (Fsp3) is 0.556. The summed E-state index contributed by atoms with van der Waals surface area (Å²) >= 11 is 0. The molecule has 0 aromatic carbocycles. The molecule has 0 radical (unpaired) electrons. The summed E-state index contributed by atoms with van der Waals surface area (Å²) in [5, 5.41) is 0. The van der Waals surface area contributed by atoms with Crippen molar-refractivity contribution in [3.8, 4) is 0 Å². The smallest absolute Gasteiger partial charge is 0.251 e. The molecule has 2 rings (SSSR count). The van der Waals surface area contributed by atoms with E-state index < -0.39 is 0 Å². The highest BCUT2D eigenvalue weighted by atomic mass is 16.1. The van der Waals surface area contributed by atoms with Crippen LogP contribution in [0.2, 0.25) is 0 Å². The molecule has 3 nitrogen and oxygen atoms in total. The number of hydrogen-bond donors (Lipinski definition) is 1. The molecule has 3 heteroatoms. The van der Waals surface area contributed by atoms with Crippen LogP contribution in [-0.2, 0) is 0 Å². The molecule has 64 valence electrons. The number of aryl methyl sites for hydroxylation is 1. The topological polar surface area (TPSA) is 45.8 Å². The zero-order valence-electron chi connectivity index (χ0n) is 7.13. The van der Waals surface area contributed by atoms with Gasteiger partial charge in [-0.25, -0.2) is 4.98 Å². The molecule has 1 aromatic heterocycles. The van der Waals surface area contributed by atoms with Gasteiger partial charge in [-0.1, -0.05) is 6.42 Å². The lowest BCUT2D eigenvalue weighted by atomic mass is 9.85. The second-order valence-electron chi connectivity index (χ2n) is 3.40. The average Bonchev–Trinajstić information content (AvgIpc) is 1.79. The van der Waals surface area contributed by atoms with Crippen molar-refractivity contribution >= 4 is 0 Å². The van der Waals surface area contributed by atoms with Gasteiger partial charge < -0.3 is 4.98 Å². The summed E-state index contributed by atoms with van der Waals surface area (Å²) in [7, 11) is 0. The Hall–Kier alpha value is -1.12. The van der Waals surface area contributed by atoms with Crippen LogP contribution in [0.5, 0.6) is 0 Å². The first-order valence-electron chi connectivity index (χ1n) is 4.33. The van der Waals surface area contributed by atoms with E-state index in [2.05, 4.69) is 9.97 Å². The lowest BCUT2D eigenvalue weighted by Crippen LogP contribution is -2.18. The number of hydrogen-bond acceptors (Lipinski definition) is 2. The molecule has 12 heavy (non-hydrogen) atoms. The lowest BCUT2D eigenvalue weighted by molar-refractivity contribution is 0.400. The Morgan fingerprint density at radius 1 is 1.58 bits per heavy atom. The van der Waals surface area contributed by atoms with E-state index in [1.165, 1.54) is 25.3 Å². The minimum atomic E-state index is -0.0237. The minimum Gasteiger partial charge on any atom is -0.310 e. The van der Waals surface area contributed by atoms with Gasteiger partial charge in [0.25, 0.3) is 5.56 Å². The summed E-state index contributed by atoms with van der Waals surface area (Å²) in [5.74, 6) is 1.39. The van der Waals surface area contributed by atoms with E-state index in [1.54, 1.807) is 0 Å². The maximum atomic E-state index is 11.1. The molecular weight excluding hydrogens is 152 g/mol. The normalized spacial score (nSPS) is 17.4. The highest BCUT2D eigenvalue weighted by Crippen LogP contribution is 2.33. The van der Waals surface area contributed by atoms with Crippen LogP contribution in [0.3, 0.4) is 0 Å². The molecule has 1 heterocycles. The van der Waals surface area contributed by atoms with Gasteiger partial charge in [0.1, 0.15) is 5.82 Å². The quantitative estimate of drug-likeness (QED) is 0.680. The van der Waals surface area contributed by atoms with Crippen LogP contribution >= 0.6 is 0 Å². The summed E-state index contributed by atoms with van der Waals surface area (Å²) in [6.07, 6.45) is 3.61. The van der Waals surface area contributed by atoms with Gasteiger partial charge >= 0.3 is 0 Å². The van der Waals surface area contributed by atoms with Gasteiger partial charge in [-0.2, -0.15) is 0 Å². The Kier molecular flexibility index (Phi) is 1.71. The molecule has 1 aromatic rings. The monoisotopic (exact) mass is 164 g/mol. The van der Waals surface area contributed by atoms with Gasteiger partial charge in [0.15, 0.2) is 0 Å². The van der Waals surface area contributed by atoms with Crippen LogP contribution in [0.25, 0.3) is 0 Å². The maximum Gasteiger partial charge on any atom is 0.251 e. The number of aromatic nitrogens is 2. The van der Waals surface area contributed by atoms with Crippen molar-refractivity contribution in [2.45, 2.75) is 32.1 Å². The van der Waals surface area contributed by atoms with Crippen LogP contribution in [-0.4, -0.2) is 9.97 Å². The summed E-state index contributed by atoms with van der Waals surface area (Å²) in [5.41, 5.74) is 0.796. The summed E-state index contributed by atoms with van der Waals surface area (Å²) in [6.45, 7) is 1.86. The van der Waals surface area contributed by atoms with Crippen LogP contribution in [0, 0.1) is 6.92 Å². The van der Waals surface area contributed by atoms with Crippen LogP contribution in [0.15, 0.2) is 10.9 Å². The molecule has 0 saturated heterocycles. The van der Waals surface area contributed by atoms with Crippen molar-refractivity contribution in [1.29, 1.82) is 0 Å². The molecule has 1 fully saturated rings. The zero-order valence-corrected chi connectivity index (χ0v) is 7.13. The van der Waals surface area contributed by atoms with Crippen molar-refractivity contribution in [2.24, 2.45) is 0 Å². The van der Waals surface area contributed by atoms with Crippen molar-refractivity contribution < 1.29 is 0 Å². The molecular formula is C9H12N2O. The Morgan fingerprint density at radius 3 is 2.83 bits per heavy atom. The van der Waals surface area contributed by atoms with E-state index in [0.717, 1.165) is 11.5 Å². The SMILES string of the molecule is Cc1cc(=O)[nH]c(C2CCC2)n1. The third-order valence-corrected chi connectivity index (χ3v) is 2.38. The summed E-state index contributed by atoms with van der Waals surface area (Å²) in [6, 6.07) is 1.53. The van der Waals surface area contributed by atoms with Gasteiger partial charge in [0.05, 0.1) is 0 Å². The first kappa shape index (κ1) is 7.53. The Labute approximate surface area is 70.9 Å². The number of H-pyrrole nitrogens is 1. The molecule has 0 aliphatic heterocycles.